The van der Waals surface area contributed by atoms with E-state index in [1.807, 2.05) is 11.0 Å². The highest BCUT2D eigenvalue weighted by Crippen LogP contribution is 2.24. The van der Waals surface area contributed by atoms with Crippen LogP contribution in [0, 0.1) is 11.8 Å². The predicted molar refractivity (Wildman–Crippen MR) is 126 cm³/mol. The first-order chi connectivity index (χ1) is 13.9. The number of urea groups is 1. The summed E-state index contributed by atoms with van der Waals surface area (Å²) < 4.78 is 3.53. The van der Waals surface area contributed by atoms with Gasteiger partial charge in [-0.1, -0.05) is 57.9 Å². The molecule has 6 heteroatoms. The van der Waals surface area contributed by atoms with Crippen LogP contribution in [-0.4, -0.2) is 65.9 Å². The summed E-state index contributed by atoms with van der Waals surface area (Å²) in [6, 6.07) is 0.959. The number of piperidine rings is 2. The van der Waals surface area contributed by atoms with E-state index in [0.717, 1.165) is 57.3 Å². The van der Waals surface area contributed by atoms with Gasteiger partial charge in [0, 0.05) is 50.1 Å². The number of rotatable bonds is 9. The van der Waals surface area contributed by atoms with Crippen LogP contribution in [0.5, 0.6) is 0 Å². The molecule has 29 heavy (non-hydrogen) atoms. The molecule has 2 aliphatic rings. The molecule has 0 bridgehead atoms. The van der Waals surface area contributed by atoms with Gasteiger partial charge in [-0.05, 0) is 37.5 Å². The van der Waals surface area contributed by atoms with E-state index in [-0.39, 0.29) is 6.03 Å². The normalized spacial score (nSPS) is 25.5. The lowest BCUT2D eigenvalue weighted by molar-refractivity contribution is 0.115. The summed E-state index contributed by atoms with van der Waals surface area (Å²) in [5.74, 6) is 1.49. The molecule has 2 amide bonds. The van der Waals surface area contributed by atoms with Crippen LogP contribution in [-0.2, 0) is 0 Å². The van der Waals surface area contributed by atoms with Crippen molar-refractivity contribution in [2.45, 2.75) is 70.7 Å². The molecule has 0 spiro atoms. The SMILES string of the molecule is C=CCC(/C=C\CNC(=O)N1CCC(NSC(C)C)CC1)N1CC(C)C[C@@H](C)C1. The number of amides is 2. The van der Waals surface area contributed by atoms with E-state index < -0.39 is 0 Å². The third-order valence-corrected chi connectivity index (χ3v) is 6.70. The standard InChI is InChI=1S/C23H42N4OS/c1-6-8-22(27-16-19(4)15-20(5)17-27)9-7-12-24-23(28)26-13-10-21(11-14-26)25-29-18(2)3/h6-7,9,18-22,25H,1,8,10-17H2,2-5H3,(H,24,28)/b9-7-/t19-,20?,22?/m1/s1. The minimum atomic E-state index is 0.0603. The number of likely N-dealkylation sites (tertiary alicyclic amines) is 2. The lowest BCUT2D eigenvalue weighted by Crippen LogP contribution is -2.47. The first kappa shape index (κ1) is 24.3. The topological polar surface area (TPSA) is 47.6 Å². The van der Waals surface area contributed by atoms with Gasteiger partial charge in [0.25, 0.3) is 0 Å². The Bertz CT molecular complexity index is 521. The fourth-order valence-electron chi connectivity index (χ4n) is 4.42. The molecule has 0 aromatic rings. The highest BCUT2D eigenvalue weighted by molar-refractivity contribution is 7.98. The van der Waals surface area contributed by atoms with Gasteiger partial charge in [-0.3, -0.25) is 9.62 Å². The lowest BCUT2D eigenvalue weighted by Gasteiger charge is -2.39. The predicted octanol–water partition coefficient (Wildman–Crippen LogP) is 4.29. The van der Waals surface area contributed by atoms with Gasteiger partial charge in [0.1, 0.15) is 0 Å². The van der Waals surface area contributed by atoms with Crippen molar-refractivity contribution in [3.63, 3.8) is 0 Å². The second kappa shape index (κ2) is 12.7. The number of hydrogen-bond donors (Lipinski definition) is 2. The summed E-state index contributed by atoms with van der Waals surface area (Å²) in [5.41, 5.74) is 0. The molecule has 0 aromatic carbocycles. The Labute approximate surface area is 182 Å². The molecule has 0 aliphatic carbocycles. The molecule has 0 radical (unpaired) electrons. The molecule has 2 N–H and O–H groups in total. The lowest BCUT2D eigenvalue weighted by atomic mass is 9.90. The van der Waals surface area contributed by atoms with E-state index in [0.29, 0.717) is 23.9 Å². The average molecular weight is 423 g/mol. The maximum absolute atomic E-state index is 12.5. The third kappa shape index (κ3) is 8.73. The second-order valence-electron chi connectivity index (χ2n) is 9.15. The minimum absolute atomic E-state index is 0.0603. The van der Waals surface area contributed by atoms with Crippen molar-refractivity contribution >= 4 is 18.0 Å². The Balaban J connectivity index is 1.72. The van der Waals surface area contributed by atoms with E-state index in [1.165, 1.54) is 6.42 Å². The van der Waals surface area contributed by atoms with Crippen LogP contribution in [0.4, 0.5) is 4.79 Å². The van der Waals surface area contributed by atoms with Gasteiger partial charge < -0.3 is 10.2 Å². The number of carbonyl (C=O) groups excluding carboxylic acids is 1. The third-order valence-electron chi connectivity index (χ3n) is 5.76. The monoisotopic (exact) mass is 422 g/mol. The summed E-state index contributed by atoms with van der Waals surface area (Å²) in [6.45, 7) is 17.6. The molecule has 166 valence electrons. The number of nitrogens with zero attached hydrogens (tertiary/aromatic N) is 2. The van der Waals surface area contributed by atoms with Gasteiger partial charge in [-0.2, -0.15) is 0 Å². The highest BCUT2D eigenvalue weighted by atomic mass is 32.2. The smallest absolute Gasteiger partial charge is 0.317 e. The van der Waals surface area contributed by atoms with Crippen molar-refractivity contribution in [2.24, 2.45) is 11.8 Å². The first-order valence-corrected chi connectivity index (χ1v) is 12.2. The highest BCUT2D eigenvalue weighted by Gasteiger charge is 2.26. The largest absolute Gasteiger partial charge is 0.335 e. The van der Waals surface area contributed by atoms with Crippen LogP contribution < -0.4 is 10.0 Å². The molecule has 2 fully saturated rings. The summed E-state index contributed by atoms with van der Waals surface area (Å²) in [5, 5.41) is 3.65. The Morgan fingerprint density at radius 2 is 1.86 bits per heavy atom. The van der Waals surface area contributed by atoms with E-state index in [1.54, 1.807) is 11.9 Å². The fourth-order valence-corrected chi connectivity index (χ4v) is 5.12. The zero-order valence-corrected chi connectivity index (χ0v) is 19.7. The Kier molecular flexibility index (Phi) is 10.6. The van der Waals surface area contributed by atoms with Gasteiger partial charge >= 0.3 is 6.03 Å². The molecule has 5 nitrogen and oxygen atoms in total. The maximum Gasteiger partial charge on any atom is 0.317 e. The summed E-state index contributed by atoms with van der Waals surface area (Å²) in [4.78, 5) is 17.0. The van der Waals surface area contributed by atoms with Gasteiger partial charge in [0.05, 0.1) is 0 Å². The van der Waals surface area contributed by atoms with Crippen LogP contribution >= 0.6 is 11.9 Å². The van der Waals surface area contributed by atoms with E-state index in [2.05, 4.69) is 61.4 Å². The van der Waals surface area contributed by atoms with Crippen molar-refractivity contribution in [3.05, 3.63) is 24.8 Å². The number of hydrogen-bond acceptors (Lipinski definition) is 4. The van der Waals surface area contributed by atoms with Gasteiger partial charge in [-0.25, -0.2) is 4.79 Å². The van der Waals surface area contributed by atoms with E-state index in [4.69, 9.17) is 0 Å². The van der Waals surface area contributed by atoms with E-state index >= 15 is 0 Å². The van der Waals surface area contributed by atoms with Crippen molar-refractivity contribution < 1.29 is 4.79 Å². The molecule has 2 heterocycles. The van der Waals surface area contributed by atoms with Crippen LogP contribution in [0.3, 0.4) is 0 Å². The Hall–Kier alpha value is -0.980. The minimum Gasteiger partial charge on any atom is -0.335 e. The fraction of sp³-hybridized carbons (Fsp3) is 0.783. The van der Waals surface area contributed by atoms with Gasteiger partial charge in [0.2, 0.25) is 0 Å². The van der Waals surface area contributed by atoms with Crippen LogP contribution in [0.2, 0.25) is 0 Å². The Morgan fingerprint density at radius 1 is 1.21 bits per heavy atom. The summed E-state index contributed by atoms with van der Waals surface area (Å²) >= 11 is 1.79. The zero-order valence-electron chi connectivity index (χ0n) is 18.9. The zero-order chi connectivity index (χ0) is 21.2. The second-order valence-corrected chi connectivity index (χ2v) is 10.6. The van der Waals surface area contributed by atoms with Gasteiger partial charge in [-0.15, -0.1) is 6.58 Å². The van der Waals surface area contributed by atoms with Crippen LogP contribution in [0.25, 0.3) is 0 Å². The van der Waals surface area contributed by atoms with Crippen molar-refractivity contribution in [1.29, 1.82) is 0 Å². The van der Waals surface area contributed by atoms with Crippen molar-refractivity contribution in [1.82, 2.24) is 19.8 Å². The average Bonchev–Trinajstić information content (AvgIpc) is 2.68. The molecular formula is C23H42N4OS. The molecule has 2 aliphatic heterocycles. The number of carbonyl (C=O) groups is 1. The first-order valence-electron chi connectivity index (χ1n) is 11.3. The molecule has 0 aromatic heterocycles. The molecule has 3 atom stereocenters. The number of nitrogens with one attached hydrogen (secondary N) is 2. The quantitative estimate of drug-likeness (QED) is 0.430. The summed E-state index contributed by atoms with van der Waals surface area (Å²) in [7, 11) is 0. The van der Waals surface area contributed by atoms with Crippen LogP contribution in [0.1, 0.15) is 53.4 Å². The summed E-state index contributed by atoms with van der Waals surface area (Å²) in [6.07, 6.45) is 10.7. The van der Waals surface area contributed by atoms with E-state index in [9.17, 15) is 4.79 Å². The van der Waals surface area contributed by atoms with Crippen molar-refractivity contribution in [2.75, 3.05) is 32.7 Å². The molecular weight excluding hydrogens is 380 g/mol. The molecule has 0 saturated carbocycles. The molecule has 2 unspecified atom stereocenters. The maximum atomic E-state index is 12.5. The van der Waals surface area contributed by atoms with Crippen LogP contribution in [0.15, 0.2) is 24.8 Å². The van der Waals surface area contributed by atoms with Crippen molar-refractivity contribution in [3.8, 4) is 0 Å². The van der Waals surface area contributed by atoms with Gasteiger partial charge in [0.15, 0.2) is 0 Å². The Morgan fingerprint density at radius 3 is 2.45 bits per heavy atom. The molecule has 2 rings (SSSR count). The molecule has 2 saturated heterocycles.